The summed E-state index contributed by atoms with van der Waals surface area (Å²) in [6, 6.07) is 12.3. The molecule has 0 spiro atoms. The first kappa shape index (κ1) is 13.8. The van der Waals surface area contributed by atoms with Crippen LogP contribution in [0.3, 0.4) is 0 Å². The summed E-state index contributed by atoms with van der Waals surface area (Å²) in [5.74, 6) is -1.03. The van der Waals surface area contributed by atoms with Crippen LogP contribution in [0.15, 0.2) is 46.9 Å². The van der Waals surface area contributed by atoms with Gasteiger partial charge in [-0.3, -0.25) is 4.79 Å². The minimum Gasteiger partial charge on any atom is -0.478 e. The second-order valence-corrected chi connectivity index (χ2v) is 5.84. The average Bonchev–Trinajstić information content (AvgIpc) is 2.75. The first-order chi connectivity index (χ1) is 10.1. The van der Waals surface area contributed by atoms with Crippen molar-refractivity contribution in [1.82, 2.24) is 4.90 Å². The maximum absolute atomic E-state index is 12.4. The molecular formula is C16H12BrNO3. The van der Waals surface area contributed by atoms with E-state index in [0.717, 1.165) is 10.0 Å². The van der Waals surface area contributed by atoms with Crippen molar-refractivity contribution in [1.29, 1.82) is 0 Å². The number of rotatable bonds is 3. The molecule has 0 aromatic heterocycles. The van der Waals surface area contributed by atoms with Crippen LogP contribution in [-0.4, -0.2) is 21.9 Å². The summed E-state index contributed by atoms with van der Waals surface area (Å²) in [6.45, 7) is 0.801. The fraction of sp³-hybridized carbons (Fsp3) is 0.125. The first-order valence-electron chi connectivity index (χ1n) is 6.45. The van der Waals surface area contributed by atoms with Crippen molar-refractivity contribution >= 4 is 27.8 Å². The van der Waals surface area contributed by atoms with Gasteiger partial charge < -0.3 is 10.0 Å². The Morgan fingerprint density at radius 2 is 2.00 bits per heavy atom. The topological polar surface area (TPSA) is 57.6 Å². The number of fused-ring (bicyclic) bond motifs is 1. The fourth-order valence-corrected chi connectivity index (χ4v) is 2.96. The van der Waals surface area contributed by atoms with Gasteiger partial charge in [0.15, 0.2) is 0 Å². The molecule has 0 bridgehead atoms. The van der Waals surface area contributed by atoms with Gasteiger partial charge in [-0.2, -0.15) is 0 Å². The second kappa shape index (κ2) is 5.33. The van der Waals surface area contributed by atoms with Crippen LogP contribution in [0.5, 0.6) is 0 Å². The van der Waals surface area contributed by atoms with Crippen LogP contribution in [-0.2, 0) is 13.1 Å². The van der Waals surface area contributed by atoms with Crippen LogP contribution in [0.25, 0.3) is 0 Å². The zero-order valence-electron chi connectivity index (χ0n) is 11.0. The predicted molar refractivity (Wildman–Crippen MR) is 81.1 cm³/mol. The minimum absolute atomic E-state index is 0.0577. The van der Waals surface area contributed by atoms with Crippen molar-refractivity contribution < 1.29 is 14.7 Å². The molecule has 0 saturated carbocycles. The minimum atomic E-state index is -0.975. The van der Waals surface area contributed by atoms with Crippen molar-refractivity contribution in [2.45, 2.75) is 13.1 Å². The Labute approximate surface area is 130 Å². The van der Waals surface area contributed by atoms with Gasteiger partial charge in [0.2, 0.25) is 0 Å². The normalized spacial score (nSPS) is 13.4. The zero-order valence-corrected chi connectivity index (χ0v) is 12.6. The van der Waals surface area contributed by atoms with Gasteiger partial charge in [0.1, 0.15) is 0 Å². The van der Waals surface area contributed by atoms with Crippen LogP contribution in [0.4, 0.5) is 0 Å². The number of carboxylic acids is 1. The second-order valence-electron chi connectivity index (χ2n) is 4.92. The number of benzene rings is 2. The highest BCUT2D eigenvalue weighted by molar-refractivity contribution is 9.10. The maximum atomic E-state index is 12.4. The molecule has 1 aliphatic rings. The number of amides is 1. The van der Waals surface area contributed by atoms with Crippen LogP contribution in [0, 0.1) is 0 Å². The van der Waals surface area contributed by atoms with Gasteiger partial charge in [0.25, 0.3) is 5.91 Å². The predicted octanol–water partition coefficient (Wildman–Crippen LogP) is 3.30. The Kier molecular flexibility index (Phi) is 3.51. The molecule has 1 N–H and O–H groups in total. The van der Waals surface area contributed by atoms with Crippen LogP contribution in [0.1, 0.15) is 31.8 Å². The zero-order chi connectivity index (χ0) is 15.0. The van der Waals surface area contributed by atoms with Crippen molar-refractivity contribution in [3.63, 3.8) is 0 Å². The highest BCUT2D eigenvalue weighted by Gasteiger charge is 2.28. The van der Waals surface area contributed by atoms with Gasteiger partial charge in [0.05, 0.1) is 5.56 Å². The third-order valence-electron chi connectivity index (χ3n) is 3.56. The third kappa shape index (κ3) is 2.56. The van der Waals surface area contributed by atoms with E-state index < -0.39 is 5.97 Å². The molecule has 0 unspecified atom stereocenters. The van der Waals surface area contributed by atoms with Crippen molar-refractivity contribution in [3.8, 4) is 0 Å². The Bertz CT molecular complexity index is 742. The summed E-state index contributed by atoms with van der Waals surface area (Å²) in [7, 11) is 0. The molecular weight excluding hydrogens is 334 g/mol. The van der Waals surface area contributed by atoms with Crippen LogP contribution in [0.2, 0.25) is 0 Å². The highest BCUT2D eigenvalue weighted by Crippen LogP contribution is 2.27. The number of halogens is 1. The highest BCUT2D eigenvalue weighted by atomic mass is 79.9. The molecule has 1 aliphatic heterocycles. The summed E-state index contributed by atoms with van der Waals surface area (Å²) in [6.07, 6.45) is 0. The molecule has 3 rings (SSSR count). The lowest BCUT2D eigenvalue weighted by atomic mass is 10.1. The molecule has 5 heteroatoms. The van der Waals surface area contributed by atoms with Gasteiger partial charge in [0, 0.05) is 23.1 Å². The van der Waals surface area contributed by atoms with Crippen LogP contribution >= 0.6 is 15.9 Å². The number of carbonyl (C=O) groups is 2. The van der Waals surface area contributed by atoms with E-state index in [0.29, 0.717) is 24.2 Å². The number of hydrogen-bond donors (Lipinski definition) is 1. The molecule has 0 aliphatic carbocycles. The molecule has 106 valence electrons. The van der Waals surface area contributed by atoms with E-state index in [4.69, 9.17) is 0 Å². The van der Waals surface area contributed by atoms with Gasteiger partial charge >= 0.3 is 5.97 Å². The third-order valence-corrected chi connectivity index (χ3v) is 4.05. The molecule has 2 aromatic carbocycles. The van der Waals surface area contributed by atoms with Crippen molar-refractivity contribution in [3.05, 3.63) is 69.2 Å². The summed E-state index contributed by atoms with van der Waals surface area (Å²) in [5.41, 5.74) is 2.53. The van der Waals surface area contributed by atoms with Crippen LogP contribution < -0.4 is 0 Å². The summed E-state index contributed by atoms with van der Waals surface area (Å²) < 4.78 is 0.932. The SMILES string of the molecule is O=C(O)c1ccccc1CN1Cc2cc(Br)ccc2C1=O. The summed E-state index contributed by atoms with van der Waals surface area (Å²) >= 11 is 3.39. The van der Waals surface area contributed by atoms with E-state index in [-0.39, 0.29) is 11.5 Å². The number of carbonyl (C=O) groups excluding carboxylic acids is 1. The van der Waals surface area contributed by atoms with Gasteiger partial charge in [-0.1, -0.05) is 34.1 Å². The molecule has 1 heterocycles. The smallest absolute Gasteiger partial charge is 0.336 e. The van der Waals surface area contributed by atoms with E-state index in [1.54, 1.807) is 35.2 Å². The lowest BCUT2D eigenvalue weighted by molar-refractivity contribution is 0.0686. The van der Waals surface area contributed by atoms with Crippen molar-refractivity contribution in [2.24, 2.45) is 0 Å². The molecule has 0 fully saturated rings. The van der Waals surface area contributed by atoms with Gasteiger partial charge in [-0.05, 0) is 35.4 Å². The van der Waals surface area contributed by atoms with Gasteiger partial charge in [-0.15, -0.1) is 0 Å². The van der Waals surface area contributed by atoms with E-state index >= 15 is 0 Å². The number of aromatic carboxylic acids is 1. The average molecular weight is 346 g/mol. The maximum Gasteiger partial charge on any atom is 0.336 e. The molecule has 0 atom stereocenters. The number of hydrogen-bond acceptors (Lipinski definition) is 2. The summed E-state index contributed by atoms with van der Waals surface area (Å²) in [5, 5.41) is 9.21. The van der Waals surface area contributed by atoms with E-state index in [1.165, 1.54) is 0 Å². The molecule has 0 radical (unpaired) electrons. The van der Waals surface area contributed by atoms with E-state index in [2.05, 4.69) is 15.9 Å². The first-order valence-corrected chi connectivity index (χ1v) is 7.24. The van der Waals surface area contributed by atoms with Crippen molar-refractivity contribution in [2.75, 3.05) is 0 Å². The Morgan fingerprint density at radius 1 is 1.24 bits per heavy atom. The molecule has 2 aromatic rings. The standard InChI is InChI=1S/C16H12BrNO3/c17-12-5-6-13-11(7-12)9-18(15(13)19)8-10-3-1-2-4-14(10)16(20)21/h1-7H,8-9H2,(H,20,21). The Morgan fingerprint density at radius 3 is 2.76 bits per heavy atom. The lowest BCUT2D eigenvalue weighted by Gasteiger charge is -2.17. The largest absolute Gasteiger partial charge is 0.478 e. The van der Waals surface area contributed by atoms with Gasteiger partial charge in [-0.25, -0.2) is 4.79 Å². The molecule has 0 saturated heterocycles. The molecule has 1 amide bonds. The lowest BCUT2D eigenvalue weighted by Crippen LogP contribution is -2.24. The Hall–Kier alpha value is -2.14. The number of carboxylic acid groups (broad SMARTS) is 1. The number of nitrogens with zero attached hydrogens (tertiary/aromatic N) is 1. The monoisotopic (exact) mass is 345 g/mol. The van der Waals surface area contributed by atoms with E-state index in [9.17, 15) is 14.7 Å². The Balaban J connectivity index is 1.88. The van der Waals surface area contributed by atoms with E-state index in [1.807, 2.05) is 12.1 Å². The quantitative estimate of drug-likeness (QED) is 0.928. The summed E-state index contributed by atoms with van der Waals surface area (Å²) in [4.78, 5) is 25.3. The fourth-order valence-electron chi connectivity index (χ4n) is 2.55. The molecule has 21 heavy (non-hydrogen) atoms. The molecule has 4 nitrogen and oxygen atoms in total.